The van der Waals surface area contributed by atoms with Gasteiger partial charge in [0.05, 0.1) is 12.4 Å². The van der Waals surface area contributed by atoms with E-state index in [0.29, 0.717) is 12.1 Å². The van der Waals surface area contributed by atoms with Crippen molar-refractivity contribution in [3.8, 4) is 12.3 Å². The Kier molecular flexibility index (Phi) is 2.96. The number of terminal acetylenes is 1. The maximum Gasteiger partial charge on any atom is 0.199 e. The summed E-state index contributed by atoms with van der Waals surface area (Å²) >= 11 is 0. The van der Waals surface area contributed by atoms with Crippen molar-refractivity contribution in [2.24, 2.45) is 0 Å². The number of nitrogens with one attached hydrogen (secondary N) is 1. The zero-order chi connectivity index (χ0) is 11.4. The van der Waals surface area contributed by atoms with Crippen LogP contribution in [0.25, 0.3) is 5.65 Å². The molecule has 2 rings (SSSR count). The summed E-state index contributed by atoms with van der Waals surface area (Å²) in [7, 11) is 0. The van der Waals surface area contributed by atoms with Gasteiger partial charge in [-0.05, 0) is 16.8 Å². The molecule has 0 saturated heterocycles. The van der Waals surface area contributed by atoms with E-state index < -0.39 is 0 Å². The zero-order valence-electron chi connectivity index (χ0n) is 8.96. The summed E-state index contributed by atoms with van der Waals surface area (Å²) in [4.78, 5) is 4.06. The highest BCUT2D eigenvalue weighted by Crippen LogP contribution is 2.10. The van der Waals surface area contributed by atoms with Gasteiger partial charge in [-0.15, -0.1) is 17.4 Å². The van der Waals surface area contributed by atoms with Crippen LogP contribution in [-0.2, 0) is 0 Å². The lowest BCUT2D eigenvalue weighted by Gasteiger charge is -2.15. The fourth-order valence-corrected chi connectivity index (χ4v) is 1.42. The maximum absolute atomic E-state index is 5.30. The maximum atomic E-state index is 5.30. The molecule has 82 valence electrons. The minimum Gasteiger partial charge on any atom is -0.365 e. The fourth-order valence-electron chi connectivity index (χ4n) is 1.42. The van der Waals surface area contributed by atoms with Crippen LogP contribution >= 0.6 is 0 Å². The Hall–Kier alpha value is -2.16. The Morgan fingerprint density at radius 2 is 2.44 bits per heavy atom. The predicted molar refractivity (Wildman–Crippen MR) is 59.7 cm³/mol. The molecule has 0 fully saturated rings. The molecule has 16 heavy (non-hydrogen) atoms. The highest BCUT2D eigenvalue weighted by atomic mass is 15.5. The van der Waals surface area contributed by atoms with Crippen molar-refractivity contribution in [2.75, 3.05) is 5.32 Å². The molecular formula is C10H12N6. The molecule has 0 bridgehead atoms. The standard InChI is InChI=1S/C10H12N6/c1-3-5-8(4-2)12-9-6-11-7-10-13-14-15-16(9)10/h1,6-8,12H,4-5H2,2H3. The van der Waals surface area contributed by atoms with Gasteiger partial charge in [0.15, 0.2) is 11.5 Å². The highest BCUT2D eigenvalue weighted by Gasteiger charge is 2.08. The first kappa shape index (κ1) is 10.4. The first-order valence-corrected chi connectivity index (χ1v) is 5.07. The van der Waals surface area contributed by atoms with Gasteiger partial charge >= 0.3 is 0 Å². The Balaban J connectivity index is 2.26. The number of nitrogens with zero attached hydrogens (tertiary/aromatic N) is 5. The minimum absolute atomic E-state index is 0.210. The molecule has 2 aromatic rings. The molecule has 0 radical (unpaired) electrons. The first-order chi connectivity index (χ1) is 7.85. The van der Waals surface area contributed by atoms with Crippen LogP contribution in [0.5, 0.6) is 0 Å². The van der Waals surface area contributed by atoms with Crippen molar-refractivity contribution in [3.05, 3.63) is 12.4 Å². The lowest BCUT2D eigenvalue weighted by molar-refractivity contribution is 0.700. The van der Waals surface area contributed by atoms with Crippen LogP contribution in [-0.4, -0.2) is 31.1 Å². The molecule has 0 aliphatic carbocycles. The van der Waals surface area contributed by atoms with E-state index in [1.807, 2.05) is 0 Å². The topological polar surface area (TPSA) is 68.0 Å². The van der Waals surface area contributed by atoms with Crippen LogP contribution < -0.4 is 5.32 Å². The normalized spacial score (nSPS) is 12.2. The number of tetrazole rings is 1. The molecule has 0 saturated carbocycles. The van der Waals surface area contributed by atoms with E-state index in [1.54, 1.807) is 16.9 Å². The number of anilines is 1. The molecule has 0 aliphatic rings. The molecule has 2 aromatic heterocycles. The lowest BCUT2D eigenvalue weighted by Crippen LogP contribution is -2.19. The van der Waals surface area contributed by atoms with E-state index in [2.05, 4.69) is 38.7 Å². The van der Waals surface area contributed by atoms with Gasteiger partial charge < -0.3 is 5.32 Å². The third-order valence-corrected chi connectivity index (χ3v) is 2.32. The number of fused-ring (bicyclic) bond motifs is 1. The van der Waals surface area contributed by atoms with Crippen LogP contribution in [0.4, 0.5) is 5.82 Å². The molecule has 6 heteroatoms. The van der Waals surface area contributed by atoms with Crippen molar-refractivity contribution in [2.45, 2.75) is 25.8 Å². The molecule has 0 amide bonds. The molecule has 2 heterocycles. The van der Waals surface area contributed by atoms with Crippen LogP contribution in [0.2, 0.25) is 0 Å². The largest absolute Gasteiger partial charge is 0.365 e. The van der Waals surface area contributed by atoms with Crippen molar-refractivity contribution in [1.29, 1.82) is 0 Å². The molecule has 1 unspecified atom stereocenters. The third kappa shape index (κ3) is 1.93. The average Bonchev–Trinajstić information content (AvgIpc) is 2.77. The first-order valence-electron chi connectivity index (χ1n) is 5.07. The van der Waals surface area contributed by atoms with Crippen molar-refractivity contribution in [1.82, 2.24) is 25.0 Å². The molecule has 6 nitrogen and oxygen atoms in total. The monoisotopic (exact) mass is 216 g/mol. The van der Waals surface area contributed by atoms with E-state index in [-0.39, 0.29) is 6.04 Å². The third-order valence-electron chi connectivity index (χ3n) is 2.32. The fraction of sp³-hybridized carbons (Fsp3) is 0.400. The van der Waals surface area contributed by atoms with Gasteiger partial charge in [-0.2, -0.15) is 4.52 Å². The van der Waals surface area contributed by atoms with Crippen LogP contribution in [0.1, 0.15) is 19.8 Å². The Labute approximate surface area is 93.1 Å². The summed E-state index contributed by atoms with van der Waals surface area (Å²) in [6.45, 7) is 2.07. The van der Waals surface area contributed by atoms with E-state index in [1.165, 1.54) is 0 Å². The molecule has 1 atom stereocenters. The predicted octanol–water partition coefficient (Wildman–Crippen LogP) is 0.733. The van der Waals surface area contributed by atoms with Gasteiger partial charge in [-0.3, -0.25) is 4.98 Å². The Bertz CT molecular complexity index is 511. The van der Waals surface area contributed by atoms with E-state index in [0.717, 1.165) is 12.2 Å². The molecule has 1 N–H and O–H groups in total. The van der Waals surface area contributed by atoms with E-state index in [9.17, 15) is 0 Å². The number of rotatable bonds is 4. The quantitative estimate of drug-likeness (QED) is 0.763. The second-order valence-electron chi connectivity index (χ2n) is 3.40. The lowest BCUT2D eigenvalue weighted by atomic mass is 10.1. The van der Waals surface area contributed by atoms with Gasteiger partial charge in [0.2, 0.25) is 0 Å². The van der Waals surface area contributed by atoms with Crippen LogP contribution in [0.3, 0.4) is 0 Å². The van der Waals surface area contributed by atoms with Crippen molar-refractivity contribution < 1.29 is 0 Å². The Morgan fingerprint density at radius 1 is 1.56 bits per heavy atom. The summed E-state index contributed by atoms with van der Waals surface area (Å²) < 4.78 is 1.60. The van der Waals surface area contributed by atoms with Crippen LogP contribution in [0, 0.1) is 12.3 Å². The molecule has 0 spiro atoms. The summed E-state index contributed by atoms with van der Waals surface area (Å²) in [5, 5.41) is 14.5. The molecule has 0 aromatic carbocycles. The summed E-state index contributed by atoms with van der Waals surface area (Å²) in [5.74, 6) is 3.39. The Morgan fingerprint density at radius 3 is 3.19 bits per heavy atom. The van der Waals surface area contributed by atoms with Gasteiger partial charge in [0.25, 0.3) is 0 Å². The van der Waals surface area contributed by atoms with E-state index in [4.69, 9.17) is 6.42 Å². The van der Waals surface area contributed by atoms with Crippen molar-refractivity contribution in [3.63, 3.8) is 0 Å². The number of aromatic nitrogens is 5. The van der Waals surface area contributed by atoms with Gasteiger partial charge in [0.1, 0.15) is 0 Å². The SMILES string of the molecule is C#CCC(CC)Nc1cncc2nnnn12. The van der Waals surface area contributed by atoms with Crippen molar-refractivity contribution >= 4 is 11.5 Å². The smallest absolute Gasteiger partial charge is 0.199 e. The van der Waals surface area contributed by atoms with Crippen LogP contribution in [0.15, 0.2) is 12.4 Å². The second-order valence-corrected chi connectivity index (χ2v) is 3.40. The summed E-state index contributed by atoms with van der Waals surface area (Å²) in [6, 6.07) is 0.210. The van der Waals surface area contributed by atoms with Gasteiger partial charge in [-0.1, -0.05) is 6.92 Å². The van der Waals surface area contributed by atoms with E-state index >= 15 is 0 Å². The summed E-state index contributed by atoms with van der Waals surface area (Å²) in [6.07, 6.45) is 10.2. The number of hydrogen-bond donors (Lipinski definition) is 1. The van der Waals surface area contributed by atoms with Gasteiger partial charge in [-0.25, -0.2) is 0 Å². The number of hydrogen-bond acceptors (Lipinski definition) is 5. The average molecular weight is 216 g/mol. The second kappa shape index (κ2) is 4.57. The highest BCUT2D eigenvalue weighted by molar-refractivity contribution is 5.44. The summed E-state index contributed by atoms with van der Waals surface area (Å²) in [5.41, 5.74) is 0.612. The zero-order valence-corrected chi connectivity index (χ0v) is 8.96. The molecular weight excluding hydrogens is 204 g/mol. The molecule has 0 aliphatic heterocycles. The van der Waals surface area contributed by atoms with Gasteiger partial charge in [0, 0.05) is 12.5 Å². The minimum atomic E-state index is 0.210.